The van der Waals surface area contributed by atoms with E-state index in [1.807, 2.05) is 44.2 Å². The number of nitrogens with zero attached hydrogens (tertiary/aromatic N) is 2. The topological polar surface area (TPSA) is 86.8 Å². The van der Waals surface area contributed by atoms with Gasteiger partial charge in [0.25, 0.3) is 0 Å². The number of amides is 2. The first kappa shape index (κ1) is 32.0. The normalized spacial score (nSPS) is 12.2. The highest BCUT2D eigenvalue weighted by Crippen LogP contribution is 2.23. The second-order valence-corrected chi connectivity index (χ2v) is 12.4. The van der Waals surface area contributed by atoms with Crippen LogP contribution < -0.4 is 9.62 Å². The fraction of sp³-hybridized carbons (Fsp3) is 0.333. The van der Waals surface area contributed by atoms with Crippen LogP contribution in [0.5, 0.6) is 0 Å². The van der Waals surface area contributed by atoms with E-state index in [-0.39, 0.29) is 55.9 Å². The van der Waals surface area contributed by atoms with E-state index in [0.717, 1.165) is 33.8 Å². The Bertz CT molecular complexity index is 1460. The first-order chi connectivity index (χ1) is 19.3. The summed E-state index contributed by atoms with van der Waals surface area (Å²) >= 11 is 6.19. The molecule has 0 radical (unpaired) electrons. The lowest BCUT2D eigenvalue weighted by atomic mass is 10.0. The van der Waals surface area contributed by atoms with Crippen LogP contribution in [-0.4, -0.2) is 50.0 Å². The molecule has 3 aromatic carbocycles. The van der Waals surface area contributed by atoms with E-state index < -0.39 is 27.7 Å². The molecule has 0 spiro atoms. The van der Waals surface area contributed by atoms with Crippen molar-refractivity contribution >= 4 is 39.1 Å². The maximum absolute atomic E-state index is 13.8. The summed E-state index contributed by atoms with van der Waals surface area (Å²) < 4.78 is 53.2. The summed E-state index contributed by atoms with van der Waals surface area (Å²) in [5, 5.41) is 3.39. The lowest BCUT2D eigenvalue weighted by Gasteiger charge is -2.32. The quantitative estimate of drug-likeness (QED) is 0.285. The zero-order valence-corrected chi connectivity index (χ0v) is 24.8. The molecule has 3 rings (SSSR count). The molecule has 0 saturated carbocycles. The highest BCUT2D eigenvalue weighted by atomic mass is 35.5. The van der Waals surface area contributed by atoms with Gasteiger partial charge >= 0.3 is 0 Å². The van der Waals surface area contributed by atoms with E-state index >= 15 is 0 Å². The van der Waals surface area contributed by atoms with Gasteiger partial charge in [-0.3, -0.25) is 13.9 Å². The fourth-order valence-electron chi connectivity index (χ4n) is 4.41. The number of rotatable bonds is 13. The molecular weight excluding hydrogens is 572 g/mol. The molecule has 0 heterocycles. The van der Waals surface area contributed by atoms with Gasteiger partial charge < -0.3 is 10.2 Å². The molecule has 220 valence electrons. The van der Waals surface area contributed by atoms with E-state index in [9.17, 15) is 26.8 Å². The second kappa shape index (κ2) is 14.4. The number of nitrogens with one attached hydrogen (secondary N) is 1. The van der Waals surface area contributed by atoms with Crippen LogP contribution in [0.2, 0.25) is 5.02 Å². The molecule has 0 aliphatic heterocycles. The van der Waals surface area contributed by atoms with E-state index in [2.05, 4.69) is 5.32 Å². The Morgan fingerprint density at radius 2 is 1.61 bits per heavy atom. The van der Waals surface area contributed by atoms with Crippen molar-refractivity contribution in [3.05, 3.63) is 101 Å². The molecule has 41 heavy (non-hydrogen) atoms. The molecule has 1 unspecified atom stereocenters. The molecule has 0 saturated heterocycles. The third-order valence-electron chi connectivity index (χ3n) is 6.29. The molecule has 2 amide bonds. The van der Waals surface area contributed by atoms with E-state index in [1.165, 1.54) is 11.0 Å². The summed E-state index contributed by atoms with van der Waals surface area (Å²) in [5.41, 5.74) is 1.54. The molecule has 1 atom stereocenters. The van der Waals surface area contributed by atoms with Crippen LogP contribution in [0.4, 0.5) is 14.5 Å². The van der Waals surface area contributed by atoms with Gasteiger partial charge in [-0.2, -0.15) is 0 Å². The summed E-state index contributed by atoms with van der Waals surface area (Å²) in [6, 6.07) is 18.1. The van der Waals surface area contributed by atoms with Gasteiger partial charge in [0, 0.05) is 43.1 Å². The molecular formula is C30H34ClF2N3O4S. The van der Waals surface area contributed by atoms with Crippen molar-refractivity contribution in [1.29, 1.82) is 0 Å². The van der Waals surface area contributed by atoms with Gasteiger partial charge in [0.15, 0.2) is 11.6 Å². The lowest BCUT2D eigenvalue weighted by molar-refractivity contribution is -0.141. The monoisotopic (exact) mass is 605 g/mol. The maximum atomic E-state index is 13.8. The number of halogens is 3. The number of benzene rings is 3. The number of carbonyl (C=O) groups is 2. The van der Waals surface area contributed by atoms with Crippen molar-refractivity contribution in [2.75, 3.05) is 17.1 Å². The minimum Gasteiger partial charge on any atom is -0.352 e. The van der Waals surface area contributed by atoms with Crippen molar-refractivity contribution in [1.82, 2.24) is 10.2 Å². The number of sulfonamides is 1. The summed E-state index contributed by atoms with van der Waals surface area (Å²) in [6.45, 7) is 3.61. The average Bonchev–Trinajstić information content (AvgIpc) is 2.89. The number of hydrogen-bond donors (Lipinski definition) is 1. The molecule has 11 heteroatoms. The Morgan fingerprint density at radius 3 is 2.22 bits per heavy atom. The second-order valence-electron chi connectivity index (χ2n) is 10.1. The molecule has 7 nitrogen and oxygen atoms in total. The third kappa shape index (κ3) is 9.54. The van der Waals surface area contributed by atoms with Gasteiger partial charge in [-0.05, 0) is 55.7 Å². The fourth-order valence-corrected chi connectivity index (χ4v) is 5.58. The number of carbonyl (C=O) groups excluding carboxylic acids is 2. The highest BCUT2D eigenvalue weighted by molar-refractivity contribution is 7.92. The van der Waals surface area contributed by atoms with Gasteiger partial charge in [0.2, 0.25) is 21.8 Å². The standard InChI is InChI=1S/C30H34ClF2N3O4S/c1-21(2)34-30(38)28(18-22-9-5-4-6-10-22)35(20-23-11-7-12-24(31)17-23)29(37)13-8-16-36(41(3,39)40)25-14-15-26(32)27(33)19-25/h4-7,9-12,14-15,17,19,21,28H,8,13,16,18,20H2,1-3H3,(H,34,38). The molecule has 0 aromatic heterocycles. The predicted molar refractivity (Wildman–Crippen MR) is 157 cm³/mol. The lowest BCUT2D eigenvalue weighted by Crippen LogP contribution is -2.51. The van der Waals surface area contributed by atoms with Crippen LogP contribution >= 0.6 is 11.6 Å². The van der Waals surface area contributed by atoms with E-state index in [0.29, 0.717) is 5.02 Å². The Balaban J connectivity index is 1.89. The third-order valence-corrected chi connectivity index (χ3v) is 7.72. The molecule has 0 aliphatic rings. The number of anilines is 1. The van der Waals surface area contributed by atoms with Crippen LogP contribution in [0.15, 0.2) is 72.8 Å². The van der Waals surface area contributed by atoms with Crippen molar-refractivity contribution < 1.29 is 26.8 Å². The van der Waals surface area contributed by atoms with E-state index in [1.54, 1.807) is 24.3 Å². The first-order valence-electron chi connectivity index (χ1n) is 13.2. The summed E-state index contributed by atoms with van der Waals surface area (Å²) in [4.78, 5) is 28.7. The van der Waals surface area contributed by atoms with Gasteiger partial charge in [-0.1, -0.05) is 54.1 Å². The van der Waals surface area contributed by atoms with Gasteiger partial charge in [0.05, 0.1) is 11.9 Å². The average molecular weight is 606 g/mol. The Morgan fingerprint density at radius 1 is 0.927 bits per heavy atom. The van der Waals surface area contributed by atoms with Crippen molar-refractivity contribution in [3.63, 3.8) is 0 Å². The summed E-state index contributed by atoms with van der Waals surface area (Å²) in [7, 11) is -3.86. The minimum absolute atomic E-state index is 0.0482. The molecule has 0 fully saturated rings. The Labute approximate surface area is 245 Å². The van der Waals surface area contributed by atoms with Crippen LogP contribution in [0, 0.1) is 11.6 Å². The zero-order chi connectivity index (χ0) is 30.2. The summed E-state index contributed by atoms with van der Waals surface area (Å²) in [5.74, 6) is -2.97. The Kier molecular flexibility index (Phi) is 11.3. The largest absolute Gasteiger partial charge is 0.352 e. The molecule has 0 bridgehead atoms. The van der Waals surface area contributed by atoms with Crippen molar-refractivity contribution in [2.24, 2.45) is 0 Å². The molecule has 3 aromatic rings. The first-order valence-corrected chi connectivity index (χ1v) is 15.4. The Hall–Kier alpha value is -3.50. The van der Waals surface area contributed by atoms with Crippen LogP contribution in [-0.2, 0) is 32.6 Å². The smallest absolute Gasteiger partial charge is 0.243 e. The number of hydrogen-bond acceptors (Lipinski definition) is 4. The van der Waals surface area contributed by atoms with Crippen molar-refractivity contribution in [2.45, 2.75) is 51.7 Å². The molecule has 1 N–H and O–H groups in total. The van der Waals surface area contributed by atoms with Crippen LogP contribution in [0.25, 0.3) is 0 Å². The van der Waals surface area contributed by atoms with Gasteiger partial charge in [-0.25, -0.2) is 17.2 Å². The van der Waals surface area contributed by atoms with Gasteiger partial charge in [0.1, 0.15) is 6.04 Å². The van der Waals surface area contributed by atoms with Crippen LogP contribution in [0.1, 0.15) is 37.8 Å². The van der Waals surface area contributed by atoms with E-state index in [4.69, 9.17) is 11.6 Å². The zero-order valence-electron chi connectivity index (χ0n) is 23.2. The van der Waals surface area contributed by atoms with Crippen molar-refractivity contribution in [3.8, 4) is 0 Å². The minimum atomic E-state index is -3.86. The van der Waals surface area contributed by atoms with Crippen LogP contribution in [0.3, 0.4) is 0 Å². The predicted octanol–water partition coefficient (Wildman–Crippen LogP) is 5.33. The highest BCUT2D eigenvalue weighted by Gasteiger charge is 2.31. The SMILES string of the molecule is CC(C)NC(=O)C(Cc1ccccc1)N(Cc1cccc(Cl)c1)C(=O)CCCN(c1ccc(F)c(F)c1)S(C)(=O)=O. The van der Waals surface area contributed by atoms with Gasteiger partial charge in [-0.15, -0.1) is 0 Å². The molecule has 0 aliphatic carbocycles. The summed E-state index contributed by atoms with van der Waals surface area (Å²) in [6.07, 6.45) is 1.18. The maximum Gasteiger partial charge on any atom is 0.243 e.